The summed E-state index contributed by atoms with van der Waals surface area (Å²) in [5.41, 5.74) is 7.83. The molecule has 106 valence electrons. The molecule has 1 aliphatic rings. The van der Waals surface area contributed by atoms with Gasteiger partial charge < -0.3 is 10.6 Å². The molecule has 1 aromatic rings. The second kappa shape index (κ2) is 6.98. The SMILES string of the molecule is CC(C)CN1CCN(Cc2ccc(CN)cn2)CC1. The summed E-state index contributed by atoms with van der Waals surface area (Å²) in [6.07, 6.45) is 1.89. The van der Waals surface area contributed by atoms with Crippen LogP contribution in [0.1, 0.15) is 25.1 Å². The van der Waals surface area contributed by atoms with Crippen LogP contribution in [0.25, 0.3) is 0 Å². The van der Waals surface area contributed by atoms with E-state index in [1.54, 1.807) is 0 Å². The quantitative estimate of drug-likeness (QED) is 0.869. The lowest BCUT2D eigenvalue weighted by Gasteiger charge is -2.35. The van der Waals surface area contributed by atoms with Gasteiger partial charge in [0.25, 0.3) is 0 Å². The van der Waals surface area contributed by atoms with Gasteiger partial charge in [0.15, 0.2) is 0 Å². The molecule has 0 bridgehead atoms. The molecule has 1 aliphatic heterocycles. The van der Waals surface area contributed by atoms with Crippen molar-refractivity contribution in [3.8, 4) is 0 Å². The topological polar surface area (TPSA) is 45.4 Å². The van der Waals surface area contributed by atoms with Gasteiger partial charge >= 0.3 is 0 Å². The molecule has 0 atom stereocenters. The number of nitrogens with two attached hydrogens (primary N) is 1. The summed E-state index contributed by atoms with van der Waals surface area (Å²) in [5.74, 6) is 0.761. The average Bonchev–Trinajstić information content (AvgIpc) is 2.41. The standard InChI is InChI=1S/C15H26N4/c1-13(2)11-18-5-7-19(8-6-18)12-15-4-3-14(9-16)10-17-15/h3-4,10,13H,5-9,11-12,16H2,1-2H3. The summed E-state index contributed by atoms with van der Waals surface area (Å²) in [5, 5.41) is 0. The zero-order valence-corrected chi connectivity index (χ0v) is 12.2. The molecule has 2 heterocycles. The van der Waals surface area contributed by atoms with Crippen LogP contribution in [0.2, 0.25) is 0 Å². The van der Waals surface area contributed by atoms with E-state index in [1.807, 2.05) is 6.20 Å². The summed E-state index contributed by atoms with van der Waals surface area (Å²) in [7, 11) is 0. The Morgan fingerprint density at radius 2 is 1.84 bits per heavy atom. The minimum absolute atomic E-state index is 0.571. The maximum atomic E-state index is 5.58. The Morgan fingerprint density at radius 1 is 1.16 bits per heavy atom. The Balaban J connectivity index is 1.78. The van der Waals surface area contributed by atoms with Crippen LogP contribution in [0.3, 0.4) is 0 Å². The second-order valence-corrected chi connectivity index (χ2v) is 5.83. The van der Waals surface area contributed by atoms with E-state index >= 15 is 0 Å². The molecule has 2 rings (SSSR count). The first-order valence-corrected chi connectivity index (χ1v) is 7.26. The van der Waals surface area contributed by atoms with Crippen molar-refractivity contribution >= 4 is 0 Å². The van der Waals surface area contributed by atoms with Crippen molar-refractivity contribution in [3.05, 3.63) is 29.6 Å². The lowest BCUT2D eigenvalue weighted by Crippen LogP contribution is -2.46. The number of piperazine rings is 1. The van der Waals surface area contributed by atoms with E-state index in [2.05, 4.69) is 40.8 Å². The van der Waals surface area contributed by atoms with Crippen molar-refractivity contribution in [1.29, 1.82) is 0 Å². The smallest absolute Gasteiger partial charge is 0.0544 e. The van der Waals surface area contributed by atoms with Gasteiger partial charge in [-0.2, -0.15) is 0 Å². The summed E-state index contributed by atoms with van der Waals surface area (Å²) >= 11 is 0. The molecule has 2 N–H and O–H groups in total. The molecule has 0 spiro atoms. The molecule has 0 unspecified atom stereocenters. The van der Waals surface area contributed by atoms with E-state index in [0.29, 0.717) is 6.54 Å². The molecule has 0 aromatic carbocycles. The molecule has 1 saturated heterocycles. The van der Waals surface area contributed by atoms with Crippen LogP contribution in [0.4, 0.5) is 0 Å². The van der Waals surface area contributed by atoms with E-state index in [-0.39, 0.29) is 0 Å². The number of nitrogens with zero attached hydrogens (tertiary/aromatic N) is 3. The molecule has 19 heavy (non-hydrogen) atoms. The number of pyridine rings is 1. The lowest BCUT2D eigenvalue weighted by molar-refractivity contribution is 0.116. The number of hydrogen-bond donors (Lipinski definition) is 1. The molecular weight excluding hydrogens is 236 g/mol. The average molecular weight is 262 g/mol. The highest BCUT2D eigenvalue weighted by Crippen LogP contribution is 2.09. The molecular formula is C15H26N4. The maximum Gasteiger partial charge on any atom is 0.0544 e. The van der Waals surface area contributed by atoms with Crippen LogP contribution >= 0.6 is 0 Å². The van der Waals surface area contributed by atoms with Gasteiger partial charge in [-0.25, -0.2) is 0 Å². The van der Waals surface area contributed by atoms with Crippen molar-refractivity contribution in [1.82, 2.24) is 14.8 Å². The third kappa shape index (κ3) is 4.56. The van der Waals surface area contributed by atoms with Crippen molar-refractivity contribution < 1.29 is 0 Å². The maximum absolute atomic E-state index is 5.58. The van der Waals surface area contributed by atoms with Gasteiger partial charge in [0.2, 0.25) is 0 Å². The fourth-order valence-electron chi connectivity index (χ4n) is 2.54. The number of aromatic nitrogens is 1. The fraction of sp³-hybridized carbons (Fsp3) is 0.667. The normalized spacial score (nSPS) is 18.1. The van der Waals surface area contributed by atoms with Crippen LogP contribution in [0, 0.1) is 5.92 Å². The largest absolute Gasteiger partial charge is 0.326 e. The van der Waals surface area contributed by atoms with E-state index in [9.17, 15) is 0 Å². The third-order valence-corrected chi connectivity index (χ3v) is 3.60. The predicted octanol–water partition coefficient (Wildman–Crippen LogP) is 1.31. The minimum atomic E-state index is 0.571. The van der Waals surface area contributed by atoms with E-state index in [1.165, 1.54) is 19.6 Å². The third-order valence-electron chi connectivity index (χ3n) is 3.60. The van der Waals surface area contributed by atoms with Crippen LogP contribution in [0.5, 0.6) is 0 Å². The van der Waals surface area contributed by atoms with Crippen molar-refractivity contribution in [2.24, 2.45) is 11.7 Å². The van der Waals surface area contributed by atoms with Gasteiger partial charge in [0, 0.05) is 52.0 Å². The van der Waals surface area contributed by atoms with Crippen LogP contribution in [0.15, 0.2) is 18.3 Å². The molecule has 0 amide bonds. The summed E-state index contributed by atoms with van der Waals surface area (Å²) in [6, 6.07) is 4.18. The lowest BCUT2D eigenvalue weighted by atomic mass is 10.2. The van der Waals surface area contributed by atoms with Crippen molar-refractivity contribution in [3.63, 3.8) is 0 Å². The Hall–Kier alpha value is -0.970. The molecule has 4 nitrogen and oxygen atoms in total. The highest BCUT2D eigenvalue weighted by molar-refractivity contribution is 5.13. The Bertz CT molecular complexity index is 366. The monoisotopic (exact) mass is 262 g/mol. The van der Waals surface area contributed by atoms with Crippen molar-refractivity contribution in [2.45, 2.75) is 26.9 Å². The highest BCUT2D eigenvalue weighted by atomic mass is 15.3. The van der Waals surface area contributed by atoms with Crippen LogP contribution in [-0.4, -0.2) is 47.5 Å². The predicted molar refractivity (Wildman–Crippen MR) is 78.7 cm³/mol. The number of hydrogen-bond acceptors (Lipinski definition) is 4. The van der Waals surface area contributed by atoms with Gasteiger partial charge in [0.1, 0.15) is 0 Å². The summed E-state index contributed by atoms with van der Waals surface area (Å²) in [6.45, 7) is 12.0. The van der Waals surface area contributed by atoms with Gasteiger partial charge in [-0.3, -0.25) is 9.88 Å². The number of rotatable bonds is 5. The van der Waals surface area contributed by atoms with E-state index in [4.69, 9.17) is 5.73 Å². The Kier molecular flexibility index (Phi) is 5.31. The summed E-state index contributed by atoms with van der Waals surface area (Å²) in [4.78, 5) is 9.52. The van der Waals surface area contributed by atoms with Gasteiger partial charge in [-0.05, 0) is 17.5 Å². The van der Waals surface area contributed by atoms with Crippen molar-refractivity contribution in [2.75, 3.05) is 32.7 Å². The first-order valence-electron chi connectivity index (χ1n) is 7.26. The van der Waals surface area contributed by atoms with Gasteiger partial charge in [-0.1, -0.05) is 19.9 Å². The summed E-state index contributed by atoms with van der Waals surface area (Å²) < 4.78 is 0. The molecule has 1 aromatic heterocycles. The zero-order valence-electron chi connectivity index (χ0n) is 12.2. The zero-order chi connectivity index (χ0) is 13.7. The first-order chi connectivity index (χ1) is 9.17. The van der Waals surface area contributed by atoms with Gasteiger partial charge in [0.05, 0.1) is 5.69 Å². The Labute approximate surface area is 116 Å². The fourth-order valence-corrected chi connectivity index (χ4v) is 2.54. The molecule has 0 aliphatic carbocycles. The van der Waals surface area contributed by atoms with E-state index in [0.717, 1.165) is 36.8 Å². The van der Waals surface area contributed by atoms with Gasteiger partial charge in [-0.15, -0.1) is 0 Å². The minimum Gasteiger partial charge on any atom is -0.326 e. The van der Waals surface area contributed by atoms with Crippen LogP contribution < -0.4 is 5.73 Å². The molecule has 1 fully saturated rings. The highest BCUT2D eigenvalue weighted by Gasteiger charge is 2.17. The molecule has 0 radical (unpaired) electrons. The molecule has 0 saturated carbocycles. The van der Waals surface area contributed by atoms with E-state index < -0.39 is 0 Å². The van der Waals surface area contributed by atoms with Crippen LogP contribution in [-0.2, 0) is 13.1 Å². The Morgan fingerprint density at radius 3 is 2.37 bits per heavy atom. The molecule has 4 heteroatoms. The second-order valence-electron chi connectivity index (χ2n) is 5.83. The first kappa shape index (κ1) is 14.4.